The van der Waals surface area contributed by atoms with E-state index in [9.17, 15) is 1.37 Å². The summed E-state index contributed by atoms with van der Waals surface area (Å²) in [4.78, 5) is 5.10. The molecule has 0 amide bonds. The quantitative estimate of drug-likeness (QED) is 0.175. The molecule has 0 N–H and O–H groups in total. The van der Waals surface area contributed by atoms with Gasteiger partial charge in [0.15, 0.2) is 0 Å². The van der Waals surface area contributed by atoms with Crippen molar-refractivity contribution in [3.8, 4) is 11.3 Å². The van der Waals surface area contributed by atoms with Crippen molar-refractivity contribution in [1.29, 1.82) is 0 Å². The Morgan fingerprint density at radius 1 is 0.640 bits per heavy atom. The molecule has 10 aromatic rings. The third kappa shape index (κ3) is 3.89. The monoisotopic (exact) mass is 647 g/mol. The third-order valence-electron chi connectivity index (χ3n) is 11.6. The lowest BCUT2D eigenvalue weighted by Crippen LogP contribution is -2.32. The molecule has 1 saturated carbocycles. The zero-order chi connectivity index (χ0) is 34.4. The van der Waals surface area contributed by atoms with Crippen LogP contribution >= 0.6 is 0 Å². The normalized spacial score (nSPS) is 17.7. The van der Waals surface area contributed by atoms with Crippen molar-refractivity contribution >= 4 is 81.6 Å². The first-order chi connectivity index (χ1) is 24.6. The average molecular weight is 648 g/mol. The summed E-state index contributed by atoms with van der Waals surface area (Å²) in [6, 6.07) is 39.5. The van der Waals surface area contributed by atoms with Crippen LogP contribution in [0.3, 0.4) is 0 Å². The molecule has 0 spiro atoms. The smallest absolute Gasteiger partial charge is 0.144 e. The van der Waals surface area contributed by atoms with Crippen molar-refractivity contribution in [3.63, 3.8) is 0 Å². The standard InChI is InChI=1S/C47H38N2O/c1-46(2)23-30(24-47(3,4)26-46)29-18-20-40-37(21-29)32-11-7-12-33-38-25-48-39(22-41(38)49(40)43(32)33)36-14-8-13-34-35-19-17-28-16-15-27-9-5-6-10-31(27)42(28)45(35)50-44(34)36/h5-22,25,30H,23-24,26H2,1-4H3/i30D. The molecular formula is C47H38N2O. The molecule has 6 aromatic carbocycles. The fourth-order valence-corrected chi connectivity index (χ4v) is 10.1. The van der Waals surface area contributed by atoms with E-state index < -0.39 is 5.89 Å². The molecule has 1 aliphatic carbocycles. The molecule has 1 fully saturated rings. The number of hydrogen-bond acceptors (Lipinski definition) is 2. The van der Waals surface area contributed by atoms with E-state index in [4.69, 9.17) is 9.40 Å². The van der Waals surface area contributed by atoms with Crippen molar-refractivity contribution in [2.24, 2.45) is 10.8 Å². The Morgan fingerprint density at radius 3 is 2.20 bits per heavy atom. The summed E-state index contributed by atoms with van der Waals surface area (Å²) >= 11 is 0. The summed E-state index contributed by atoms with van der Waals surface area (Å²) in [5, 5.41) is 11.8. The zero-order valence-corrected chi connectivity index (χ0v) is 28.9. The maximum absolute atomic E-state index is 9.83. The van der Waals surface area contributed by atoms with E-state index >= 15 is 0 Å². The molecule has 1 aliphatic rings. The van der Waals surface area contributed by atoms with Gasteiger partial charge in [0.1, 0.15) is 11.2 Å². The number of pyridine rings is 1. The first-order valence-corrected chi connectivity index (χ1v) is 17.9. The van der Waals surface area contributed by atoms with Crippen molar-refractivity contribution in [2.75, 3.05) is 0 Å². The van der Waals surface area contributed by atoms with Crippen LogP contribution in [0.4, 0.5) is 0 Å². The van der Waals surface area contributed by atoms with Crippen LogP contribution in [0.15, 0.2) is 120 Å². The largest absolute Gasteiger partial charge is 0.455 e. The fourth-order valence-electron chi connectivity index (χ4n) is 10.1. The Kier molecular flexibility index (Phi) is 5.28. The SMILES string of the molecule is [2H]C1(c2ccc3c(c2)c2cccc4c5cnc(-c6cccc7c6oc6c7ccc7ccc8ccccc8c76)cc5n3c24)CC(C)(C)CC(C)(C)C1. The van der Waals surface area contributed by atoms with Gasteiger partial charge in [0, 0.05) is 50.8 Å². The second kappa shape index (κ2) is 9.63. The second-order valence-electron chi connectivity index (χ2n) is 16.4. The minimum Gasteiger partial charge on any atom is -0.455 e. The van der Waals surface area contributed by atoms with Gasteiger partial charge in [0.25, 0.3) is 0 Å². The van der Waals surface area contributed by atoms with Crippen molar-refractivity contribution < 1.29 is 5.79 Å². The van der Waals surface area contributed by atoms with Crippen LogP contribution in [0.25, 0.3) is 92.8 Å². The van der Waals surface area contributed by atoms with Gasteiger partial charge in [-0.15, -0.1) is 0 Å². The van der Waals surface area contributed by atoms with E-state index in [1.165, 1.54) is 43.4 Å². The molecule has 0 bridgehead atoms. The maximum Gasteiger partial charge on any atom is 0.144 e. The number of fused-ring (bicyclic) bond motifs is 13. The molecule has 0 radical (unpaired) electrons. The fraction of sp³-hybridized carbons (Fsp3) is 0.213. The average Bonchev–Trinajstić information content (AvgIpc) is 3.76. The molecule has 242 valence electrons. The van der Waals surface area contributed by atoms with Crippen LogP contribution in [-0.4, -0.2) is 9.38 Å². The summed E-state index contributed by atoms with van der Waals surface area (Å²) in [7, 11) is 0. The van der Waals surface area contributed by atoms with Gasteiger partial charge < -0.3 is 8.82 Å². The summed E-state index contributed by atoms with van der Waals surface area (Å²) in [6.07, 6.45) is 4.93. The van der Waals surface area contributed by atoms with Crippen LogP contribution in [0.1, 0.15) is 59.8 Å². The number of furan rings is 1. The van der Waals surface area contributed by atoms with Crippen LogP contribution in [0.2, 0.25) is 0 Å². The van der Waals surface area contributed by atoms with Gasteiger partial charge in [-0.3, -0.25) is 4.98 Å². The van der Waals surface area contributed by atoms with E-state index in [1.807, 2.05) is 6.20 Å². The highest BCUT2D eigenvalue weighted by atomic mass is 16.3. The topological polar surface area (TPSA) is 30.4 Å². The summed E-state index contributed by atoms with van der Waals surface area (Å²) in [6.45, 7) is 9.35. The van der Waals surface area contributed by atoms with Gasteiger partial charge >= 0.3 is 0 Å². The number of hydrogen-bond donors (Lipinski definition) is 0. The number of rotatable bonds is 2. The number of nitrogens with zero attached hydrogens (tertiary/aromatic N) is 2. The van der Waals surface area contributed by atoms with E-state index in [0.29, 0.717) is 0 Å². The van der Waals surface area contributed by atoms with Gasteiger partial charge in [0.2, 0.25) is 0 Å². The number of para-hydroxylation sites is 2. The Hall–Kier alpha value is -5.41. The highest BCUT2D eigenvalue weighted by Crippen LogP contribution is 2.52. The molecule has 3 heteroatoms. The van der Waals surface area contributed by atoms with E-state index in [1.54, 1.807) is 0 Å². The Balaban J connectivity index is 1.13. The van der Waals surface area contributed by atoms with E-state index in [2.05, 4.69) is 141 Å². The summed E-state index contributed by atoms with van der Waals surface area (Å²) < 4.78 is 19.1. The van der Waals surface area contributed by atoms with Gasteiger partial charge in [-0.25, -0.2) is 0 Å². The Labute approximate surface area is 291 Å². The molecule has 0 unspecified atom stereocenters. The molecule has 3 nitrogen and oxygen atoms in total. The Bertz CT molecular complexity index is 3070. The van der Waals surface area contributed by atoms with Crippen LogP contribution in [-0.2, 0) is 0 Å². The molecule has 0 aliphatic heterocycles. The summed E-state index contributed by atoms with van der Waals surface area (Å²) in [5.74, 6) is -0.618. The molecule has 4 aromatic heterocycles. The molecule has 0 saturated heterocycles. The third-order valence-corrected chi connectivity index (χ3v) is 11.6. The summed E-state index contributed by atoms with van der Waals surface area (Å²) in [5.41, 5.74) is 8.58. The highest BCUT2D eigenvalue weighted by Gasteiger charge is 2.39. The predicted molar refractivity (Wildman–Crippen MR) is 211 cm³/mol. The van der Waals surface area contributed by atoms with Gasteiger partial charge in [-0.05, 0) is 88.0 Å². The van der Waals surface area contributed by atoms with Crippen molar-refractivity contribution in [2.45, 2.75) is 52.9 Å². The maximum atomic E-state index is 9.83. The zero-order valence-electron chi connectivity index (χ0n) is 29.9. The molecule has 0 atom stereocenters. The number of aromatic nitrogens is 2. The van der Waals surface area contributed by atoms with Crippen LogP contribution in [0, 0.1) is 10.8 Å². The van der Waals surface area contributed by atoms with E-state index in [0.717, 1.165) is 74.3 Å². The molecule has 50 heavy (non-hydrogen) atoms. The number of benzene rings is 6. The lowest BCUT2D eigenvalue weighted by Gasteiger charge is -2.45. The highest BCUT2D eigenvalue weighted by molar-refractivity contribution is 6.25. The second-order valence-corrected chi connectivity index (χ2v) is 16.4. The van der Waals surface area contributed by atoms with Crippen LogP contribution < -0.4 is 0 Å². The first kappa shape index (κ1) is 27.4. The van der Waals surface area contributed by atoms with Crippen molar-refractivity contribution in [3.05, 3.63) is 121 Å². The van der Waals surface area contributed by atoms with Crippen LogP contribution in [0.5, 0.6) is 0 Å². The Morgan fingerprint density at radius 2 is 1.34 bits per heavy atom. The molecule has 11 rings (SSSR count). The minimum atomic E-state index is -0.618. The van der Waals surface area contributed by atoms with Gasteiger partial charge in [0.05, 0.1) is 22.2 Å². The van der Waals surface area contributed by atoms with Gasteiger partial charge in [-0.2, -0.15) is 0 Å². The minimum absolute atomic E-state index is 0.122. The molecular weight excluding hydrogens is 609 g/mol. The lowest BCUT2D eigenvalue weighted by molar-refractivity contribution is 0.0969. The predicted octanol–water partition coefficient (Wildman–Crippen LogP) is 13.4. The van der Waals surface area contributed by atoms with Crippen molar-refractivity contribution in [1.82, 2.24) is 9.38 Å². The van der Waals surface area contributed by atoms with Gasteiger partial charge in [-0.1, -0.05) is 107 Å². The lowest BCUT2D eigenvalue weighted by atomic mass is 9.60. The van der Waals surface area contributed by atoms with E-state index in [-0.39, 0.29) is 10.8 Å². The molecule has 4 heterocycles. The first-order valence-electron chi connectivity index (χ1n) is 18.4.